The Morgan fingerprint density at radius 1 is 1.28 bits per heavy atom. The van der Waals surface area contributed by atoms with Gasteiger partial charge in [0.2, 0.25) is 0 Å². The van der Waals surface area contributed by atoms with Crippen molar-refractivity contribution in [2.24, 2.45) is 5.92 Å². The molecular weight excluding hydrogens is 312 g/mol. The molecule has 0 radical (unpaired) electrons. The molecule has 3 heterocycles. The van der Waals surface area contributed by atoms with E-state index >= 15 is 0 Å². The second kappa shape index (κ2) is 6.64. The van der Waals surface area contributed by atoms with Crippen LogP contribution < -0.4 is 9.64 Å². The van der Waals surface area contributed by atoms with Gasteiger partial charge in [-0.15, -0.1) is 0 Å². The maximum Gasteiger partial charge on any atom is 0.135 e. The van der Waals surface area contributed by atoms with Crippen LogP contribution in [0.3, 0.4) is 0 Å². The maximum atomic E-state index is 6.00. The Kier molecular flexibility index (Phi) is 4.34. The molecule has 1 atom stereocenters. The van der Waals surface area contributed by atoms with Crippen molar-refractivity contribution in [2.45, 2.75) is 26.4 Å². The van der Waals surface area contributed by atoms with Crippen LogP contribution in [0.1, 0.15) is 29.1 Å². The summed E-state index contributed by atoms with van der Waals surface area (Å²) in [7, 11) is 4.37. The maximum absolute atomic E-state index is 6.00. The largest absolute Gasteiger partial charge is 0.487 e. The molecule has 1 fully saturated rings. The monoisotopic (exact) mass is 338 g/mol. The third-order valence-electron chi connectivity index (χ3n) is 5.27. The van der Waals surface area contributed by atoms with E-state index < -0.39 is 0 Å². The third kappa shape index (κ3) is 3.33. The van der Waals surface area contributed by atoms with E-state index in [1.807, 2.05) is 19.1 Å². The first-order valence-electron chi connectivity index (χ1n) is 9.07. The molecule has 0 amide bonds. The van der Waals surface area contributed by atoms with Crippen LogP contribution in [0, 0.1) is 12.8 Å². The predicted octanol–water partition coefficient (Wildman–Crippen LogP) is 2.66. The first kappa shape index (κ1) is 16.3. The lowest BCUT2D eigenvalue weighted by molar-refractivity contribution is 0.301. The average Bonchev–Trinajstić information content (AvgIpc) is 2.90. The Morgan fingerprint density at radius 2 is 2.12 bits per heavy atom. The van der Waals surface area contributed by atoms with Gasteiger partial charge in [0.25, 0.3) is 0 Å². The molecule has 0 bridgehead atoms. The van der Waals surface area contributed by atoms with Crippen LogP contribution in [0.25, 0.3) is 0 Å². The van der Waals surface area contributed by atoms with Crippen molar-refractivity contribution in [3.05, 3.63) is 46.9 Å². The van der Waals surface area contributed by atoms with Crippen molar-refractivity contribution in [3.63, 3.8) is 0 Å². The van der Waals surface area contributed by atoms with Crippen LogP contribution in [-0.4, -0.2) is 48.6 Å². The van der Waals surface area contributed by atoms with Crippen LogP contribution in [0.15, 0.2) is 24.3 Å². The van der Waals surface area contributed by atoms with E-state index in [1.165, 1.54) is 30.6 Å². The number of aryl methyl sites for hydroxylation is 1. The molecule has 5 heteroatoms. The zero-order valence-electron chi connectivity index (χ0n) is 15.3. The summed E-state index contributed by atoms with van der Waals surface area (Å²) in [5, 5.41) is 0. The molecule has 4 rings (SSSR count). The quantitative estimate of drug-likeness (QED) is 0.861. The number of anilines is 1. The number of rotatable bonds is 3. The highest BCUT2D eigenvalue weighted by atomic mass is 16.5. The molecule has 1 saturated heterocycles. The Hall–Kier alpha value is -2.14. The van der Waals surface area contributed by atoms with Gasteiger partial charge >= 0.3 is 0 Å². The molecule has 1 aromatic heterocycles. The summed E-state index contributed by atoms with van der Waals surface area (Å²) in [4.78, 5) is 14.2. The van der Waals surface area contributed by atoms with E-state index in [4.69, 9.17) is 9.72 Å². The summed E-state index contributed by atoms with van der Waals surface area (Å²) in [5.74, 6) is 3.55. The highest BCUT2D eigenvalue weighted by Crippen LogP contribution is 2.32. The Bertz CT molecular complexity index is 776. The third-order valence-corrected chi connectivity index (χ3v) is 5.27. The smallest absolute Gasteiger partial charge is 0.135 e. The van der Waals surface area contributed by atoms with Crippen molar-refractivity contribution in [3.8, 4) is 5.75 Å². The molecule has 2 aromatic rings. The van der Waals surface area contributed by atoms with Crippen molar-refractivity contribution in [1.29, 1.82) is 0 Å². The molecule has 0 N–H and O–H groups in total. The van der Waals surface area contributed by atoms with E-state index in [0.717, 1.165) is 36.1 Å². The highest BCUT2D eigenvalue weighted by Gasteiger charge is 2.25. The van der Waals surface area contributed by atoms with Gasteiger partial charge in [0.15, 0.2) is 0 Å². The fourth-order valence-corrected chi connectivity index (χ4v) is 4.03. The zero-order chi connectivity index (χ0) is 17.4. The van der Waals surface area contributed by atoms with Crippen LogP contribution in [0.5, 0.6) is 5.75 Å². The molecule has 0 unspecified atom stereocenters. The van der Waals surface area contributed by atoms with Gasteiger partial charge in [-0.25, -0.2) is 9.97 Å². The van der Waals surface area contributed by atoms with Gasteiger partial charge in [-0.2, -0.15) is 0 Å². The molecule has 0 saturated carbocycles. The molecule has 0 aliphatic carbocycles. The van der Waals surface area contributed by atoms with E-state index in [9.17, 15) is 0 Å². The van der Waals surface area contributed by atoms with E-state index in [-0.39, 0.29) is 0 Å². The predicted molar refractivity (Wildman–Crippen MR) is 99.2 cm³/mol. The zero-order valence-corrected chi connectivity index (χ0v) is 15.3. The number of aromatic nitrogens is 2. The fraction of sp³-hybridized carbons (Fsp3) is 0.500. The molecule has 2 aliphatic heterocycles. The summed E-state index contributed by atoms with van der Waals surface area (Å²) in [5.41, 5.74) is 3.45. The molecule has 1 aromatic carbocycles. The molecule has 0 spiro atoms. The van der Waals surface area contributed by atoms with Gasteiger partial charge in [0.1, 0.15) is 24.0 Å². The number of hydrogen-bond donors (Lipinski definition) is 0. The van der Waals surface area contributed by atoms with Gasteiger partial charge in [-0.05, 0) is 44.5 Å². The minimum atomic E-state index is 0.517. The molecule has 132 valence electrons. The summed E-state index contributed by atoms with van der Waals surface area (Å²) < 4.78 is 6.00. The fourth-order valence-electron chi connectivity index (χ4n) is 4.03. The number of nitrogens with zero attached hydrogens (tertiary/aromatic N) is 4. The summed E-state index contributed by atoms with van der Waals surface area (Å²) >= 11 is 0. The number of benzene rings is 1. The number of para-hydroxylation sites is 1. The Morgan fingerprint density at radius 3 is 2.92 bits per heavy atom. The van der Waals surface area contributed by atoms with Crippen molar-refractivity contribution < 1.29 is 4.74 Å². The van der Waals surface area contributed by atoms with E-state index in [0.29, 0.717) is 12.5 Å². The van der Waals surface area contributed by atoms with Crippen LogP contribution in [-0.2, 0) is 13.0 Å². The average molecular weight is 338 g/mol. The second-order valence-electron chi connectivity index (χ2n) is 7.39. The van der Waals surface area contributed by atoms with Crippen molar-refractivity contribution in [2.75, 3.05) is 38.6 Å². The lowest BCUT2D eigenvalue weighted by Gasteiger charge is -2.25. The van der Waals surface area contributed by atoms with Gasteiger partial charge in [0, 0.05) is 32.1 Å². The Labute approximate surface area is 149 Å². The van der Waals surface area contributed by atoms with Crippen molar-refractivity contribution >= 4 is 5.82 Å². The SMILES string of the molecule is Cc1nc2c(c(N(C)C[C@H]3CCN(C)C3)n1)Cc1ccccc1OC2. The first-order valence-corrected chi connectivity index (χ1v) is 9.07. The van der Waals surface area contributed by atoms with Gasteiger partial charge in [-0.1, -0.05) is 18.2 Å². The highest BCUT2D eigenvalue weighted by molar-refractivity contribution is 5.53. The minimum absolute atomic E-state index is 0.517. The number of ether oxygens (including phenoxy) is 1. The summed E-state index contributed by atoms with van der Waals surface area (Å²) in [6.45, 7) is 5.89. The minimum Gasteiger partial charge on any atom is -0.487 e. The van der Waals surface area contributed by atoms with Crippen LogP contribution in [0.2, 0.25) is 0 Å². The first-order chi connectivity index (χ1) is 12.1. The van der Waals surface area contributed by atoms with Crippen LogP contribution >= 0.6 is 0 Å². The second-order valence-corrected chi connectivity index (χ2v) is 7.39. The van der Waals surface area contributed by atoms with Crippen LogP contribution in [0.4, 0.5) is 5.82 Å². The summed E-state index contributed by atoms with van der Waals surface area (Å²) in [6, 6.07) is 8.27. The normalized spacial score (nSPS) is 19.7. The molecular formula is C20H26N4O. The topological polar surface area (TPSA) is 41.5 Å². The number of fused-ring (bicyclic) bond motifs is 2. The lowest BCUT2D eigenvalue weighted by Crippen LogP contribution is -2.29. The standard InChI is InChI=1S/C20H26N4O/c1-14-21-18-13-25-19-7-5-4-6-16(19)10-17(18)20(22-14)24(3)12-15-8-9-23(2)11-15/h4-7,15H,8-13H2,1-3H3/t15-/m0/s1. The number of likely N-dealkylation sites (tertiary alicyclic amines) is 1. The van der Waals surface area contributed by atoms with E-state index in [1.54, 1.807) is 0 Å². The molecule has 2 aliphatic rings. The molecule has 25 heavy (non-hydrogen) atoms. The van der Waals surface area contributed by atoms with Gasteiger partial charge < -0.3 is 14.5 Å². The number of hydrogen-bond acceptors (Lipinski definition) is 5. The Balaban J connectivity index is 1.66. The van der Waals surface area contributed by atoms with Gasteiger partial charge in [0.05, 0.1) is 5.69 Å². The lowest BCUT2D eigenvalue weighted by atomic mass is 10.0. The van der Waals surface area contributed by atoms with Crippen molar-refractivity contribution in [1.82, 2.24) is 14.9 Å². The molecule has 5 nitrogen and oxygen atoms in total. The van der Waals surface area contributed by atoms with Gasteiger partial charge in [-0.3, -0.25) is 0 Å². The van der Waals surface area contributed by atoms with E-state index in [2.05, 4.69) is 41.0 Å². The summed E-state index contributed by atoms with van der Waals surface area (Å²) in [6.07, 6.45) is 2.09.